The molecule has 0 atom stereocenters. The maximum absolute atomic E-state index is 11.8. The van der Waals surface area contributed by atoms with Crippen LogP contribution in [0.25, 0.3) is 0 Å². The first-order chi connectivity index (χ1) is 8.65. The van der Waals surface area contributed by atoms with Crippen LogP contribution in [-0.2, 0) is 0 Å². The van der Waals surface area contributed by atoms with Gasteiger partial charge >= 0.3 is 0 Å². The van der Waals surface area contributed by atoms with E-state index in [1.165, 1.54) is 0 Å². The second-order valence-electron chi connectivity index (χ2n) is 3.61. The summed E-state index contributed by atoms with van der Waals surface area (Å²) in [5, 5.41) is 11.8. The molecule has 1 rings (SSSR count). The van der Waals surface area contributed by atoms with Crippen molar-refractivity contribution in [2.45, 2.75) is 11.3 Å². The number of thiol groups is 1. The minimum absolute atomic E-state index is 0.182. The first kappa shape index (κ1) is 15.7. The molecule has 1 aromatic carbocycles. The summed E-state index contributed by atoms with van der Waals surface area (Å²) in [6.07, 6.45) is 0.784. The number of hydrogen-bond donors (Lipinski definition) is 3. The van der Waals surface area contributed by atoms with Gasteiger partial charge in [0.2, 0.25) is 0 Å². The summed E-state index contributed by atoms with van der Waals surface area (Å²) in [6.45, 7) is 0.797. The van der Waals surface area contributed by atoms with Crippen LogP contribution in [0.15, 0.2) is 23.1 Å². The van der Waals surface area contributed by atoms with Gasteiger partial charge < -0.3 is 10.4 Å². The number of aliphatic hydroxyl groups is 1. The van der Waals surface area contributed by atoms with Crippen LogP contribution in [0.2, 0.25) is 5.02 Å². The highest BCUT2D eigenvalue weighted by molar-refractivity contribution is 7.99. The molecule has 0 radical (unpaired) electrons. The van der Waals surface area contributed by atoms with Crippen molar-refractivity contribution in [1.82, 2.24) is 5.32 Å². The van der Waals surface area contributed by atoms with Crippen LogP contribution in [0.1, 0.15) is 16.8 Å². The standard InChI is InChI=1S/C12H16ClNO2S2/c13-11-3-2-9(17)8-10(11)12(16)14-4-7-18-6-1-5-15/h2-3,8,15,17H,1,4-7H2,(H,14,16). The van der Waals surface area contributed by atoms with E-state index in [4.69, 9.17) is 16.7 Å². The predicted molar refractivity (Wildman–Crippen MR) is 80.1 cm³/mol. The first-order valence-electron chi connectivity index (χ1n) is 5.60. The third-order valence-corrected chi connectivity index (χ3v) is 3.85. The summed E-state index contributed by atoms with van der Waals surface area (Å²) in [5.41, 5.74) is 0.449. The Morgan fingerprint density at radius 2 is 2.22 bits per heavy atom. The molecule has 0 saturated carbocycles. The van der Waals surface area contributed by atoms with Crippen molar-refractivity contribution in [2.24, 2.45) is 0 Å². The summed E-state index contributed by atoms with van der Waals surface area (Å²) >= 11 is 11.8. The number of rotatable bonds is 7. The lowest BCUT2D eigenvalue weighted by molar-refractivity contribution is 0.0956. The Morgan fingerprint density at radius 3 is 2.94 bits per heavy atom. The molecule has 2 N–H and O–H groups in total. The number of benzene rings is 1. The zero-order chi connectivity index (χ0) is 13.4. The van der Waals surface area contributed by atoms with E-state index in [9.17, 15) is 4.79 Å². The number of thioether (sulfide) groups is 1. The van der Waals surface area contributed by atoms with Crippen molar-refractivity contribution in [3.8, 4) is 0 Å². The fourth-order valence-corrected chi connectivity index (χ4v) is 2.48. The SMILES string of the molecule is O=C(NCCSCCCO)c1cc(S)ccc1Cl. The van der Waals surface area contributed by atoms with Gasteiger partial charge in [0.25, 0.3) is 5.91 Å². The van der Waals surface area contributed by atoms with Gasteiger partial charge in [-0.2, -0.15) is 11.8 Å². The molecule has 0 spiro atoms. The molecular weight excluding hydrogens is 290 g/mol. The van der Waals surface area contributed by atoms with Gasteiger partial charge in [-0.05, 0) is 30.4 Å². The molecule has 0 heterocycles. The van der Waals surface area contributed by atoms with E-state index in [0.717, 1.165) is 17.9 Å². The molecule has 0 fully saturated rings. The fourth-order valence-electron chi connectivity index (χ4n) is 1.29. The monoisotopic (exact) mass is 305 g/mol. The number of carbonyl (C=O) groups is 1. The third-order valence-electron chi connectivity index (χ3n) is 2.17. The Bertz CT molecular complexity index is 402. The first-order valence-corrected chi connectivity index (χ1v) is 7.58. The molecule has 6 heteroatoms. The van der Waals surface area contributed by atoms with Crippen LogP contribution in [0.4, 0.5) is 0 Å². The van der Waals surface area contributed by atoms with E-state index >= 15 is 0 Å². The Balaban J connectivity index is 2.34. The predicted octanol–water partition coefficient (Wildman–Crippen LogP) is 2.47. The number of carbonyl (C=O) groups excluding carboxylic acids is 1. The summed E-state index contributed by atoms with van der Waals surface area (Å²) in [5.74, 6) is 1.54. The maximum atomic E-state index is 11.8. The van der Waals surface area contributed by atoms with Crippen LogP contribution in [-0.4, -0.2) is 35.7 Å². The van der Waals surface area contributed by atoms with E-state index in [1.807, 2.05) is 0 Å². The molecule has 0 aliphatic heterocycles. The van der Waals surface area contributed by atoms with Gasteiger partial charge in [0.15, 0.2) is 0 Å². The Kier molecular flexibility index (Phi) is 7.58. The average molecular weight is 306 g/mol. The van der Waals surface area contributed by atoms with Gasteiger partial charge in [-0.15, -0.1) is 12.6 Å². The van der Waals surface area contributed by atoms with Crippen molar-refractivity contribution in [3.05, 3.63) is 28.8 Å². The van der Waals surface area contributed by atoms with E-state index in [1.54, 1.807) is 30.0 Å². The molecule has 18 heavy (non-hydrogen) atoms. The van der Waals surface area contributed by atoms with E-state index in [-0.39, 0.29) is 12.5 Å². The van der Waals surface area contributed by atoms with Gasteiger partial charge in [0, 0.05) is 23.8 Å². The van der Waals surface area contributed by atoms with Crippen molar-refractivity contribution in [2.75, 3.05) is 24.7 Å². The van der Waals surface area contributed by atoms with E-state index < -0.39 is 0 Å². The molecule has 3 nitrogen and oxygen atoms in total. The highest BCUT2D eigenvalue weighted by atomic mass is 35.5. The largest absolute Gasteiger partial charge is 0.396 e. The molecule has 0 unspecified atom stereocenters. The molecule has 1 amide bonds. The lowest BCUT2D eigenvalue weighted by Crippen LogP contribution is -2.26. The molecule has 0 aromatic heterocycles. The second kappa shape index (κ2) is 8.69. The van der Waals surface area contributed by atoms with Gasteiger partial charge in [-0.1, -0.05) is 11.6 Å². The quantitative estimate of drug-likeness (QED) is 0.536. The molecule has 0 saturated heterocycles. The Hall–Kier alpha value is -0.360. The molecule has 0 aliphatic rings. The smallest absolute Gasteiger partial charge is 0.252 e. The fraction of sp³-hybridized carbons (Fsp3) is 0.417. The topological polar surface area (TPSA) is 49.3 Å². The number of aliphatic hydroxyl groups excluding tert-OH is 1. The number of hydrogen-bond acceptors (Lipinski definition) is 4. The average Bonchev–Trinajstić information content (AvgIpc) is 2.36. The summed E-state index contributed by atoms with van der Waals surface area (Å²) < 4.78 is 0. The summed E-state index contributed by atoms with van der Waals surface area (Å²) in [6, 6.07) is 5.06. The number of halogens is 1. The zero-order valence-electron chi connectivity index (χ0n) is 9.86. The van der Waals surface area contributed by atoms with Crippen molar-refractivity contribution in [1.29, 1.82) is 0 Å². The van der Waals surface area contributed by atoms with Gasteiger partial charge in [0.05, 0.1) is 10.6 Å². The van der Waals surface area contributed by atoms with E-state index in [2.05, 4.69) is 17.9 Å². The van der Waals surface area contributed by atoms with Crippen molar-refractivity contribution < 1.29 is 9.90 Å². The van der Waals surface area contributed by atoms with Crippen LogP contribution in [0, 0.1) is 0 Å². The summed E-state index contributed by atoms with van der Waals surface area (Å²) in [7, 11) is 0. The number of nitrogens with one attached hydrogen (secondary N) is 1. The van der Waals surface area contributed by atoms with E-state index in [0.29, 0.717) is 22.0 Å². The van der Waals surface area contributed by atoms with Crippen molar-refractivity contribution >= 4 is 41.9 Å². The molecule has 100 valence electrons. The molecular formula is C12H16ClNO2S2. The highest BCUT2D eigenvalue weighted by Gasteiger charge is 2.09. The van der Waals surface area contributed by atoms with Crippen LogP contribution in [0.5, 0.6) is 0 Å². The van der Waals surface area contributed by atoms with Crippen molar-refractivity contribution in [3.63, 3.8) is 0 Å². The van der Waals surface area contributed by atoms with Crippen LogP contribution >= 0.6 is 36.0 Å². The van der Waals surface area contributed by atoms with Crippen LogP contribution < -0.4 is 5.32 Å². The van der Waals surface area contributed by atoms with Gasteiger partial charge in [0.1, 0.15) is 0 Å². The zero-order valence-corrected chi connectivity index (χ0v) is 12.3. The lowest BCUT2D eigenvalue weighted by atomic mass is 10.2. The Morgan fingerprint density at radius 1 is 1.44 bits per heavy atom. The Labute approximate surface area is 122 Å². The number of amides is 1. The lowest BCUT2D eigenvalue weighted by Gasteiger charge is -2.07. The van der Waals surface area contributed by atoms with Gasteiger partial charge in [-0.25, -0.2) is 0 Å². The minimum atomic E-state index is -0.182. The molecule has 0 aliphatic carbocycles. The molecule has 1 aromatic rings. The van der Waals surface area contributed by atoms with Crippen LogP contribution in [0.3, 0.4) is 0 Å². The third kappa shape index (κ3) is 5.52. The van der Waals surface area contributed by atoms with Gasteiger partial charge in [-0.3, -0.25) is 4.79 Å². The minimum Gasteiger partial charge on any atom is -0.396 e. The highest BCUT2D eigenvalue weighted by Crippen LogP contribution is 2.19. The summed E-state index contributed by atoms with van der Waals surface area (Å²) in [4.78, 5) is 12.5. The second-order valence-corrected chi connectivity index (χ2v) is 5.76. The normalized spacial score (nSPS) is 10.4. The molecule has 0 bridgehead atoms. The maximum Gasteiger partial charge on any atom is 0.252 e.